The zero-order valence-electron chi connectivity index (χ0n) is 18.2. The zero-order valence-corrected chi connectivity index (χ0v) is 18.2. The highest BCUT2D eigenvalue weighted by Crippen LogP contribution is 2.40. The van der Waals surface area contributed by atoms with E-state index in [1.165, 1.54) is 0 Å². The Hall–Kier alpha value is -3.89. The maximum Gasteiger partial charge on any atom is 0.235 e. The fraction of sp³-hybridized carbons (Fsp3) is 0.350. The summed E-state index contributed by atoms with van der Waals surface area (Å²) in [5.41, 5.74) is 0.664. The smallest absolute Gasteiger partial charge is 0.235 e. The molecule has 0 saturated heterocycles. The molecular formula is C20H26N8O3. The van der Waals surface area contributed by atoms with Crippen LogP contribution in [0.4, 0.5) is 29.4 Å². The van der Waals surface area contributed by atoms with Crippen LogP contribution in [0.2, 0.25) is 0 Å². The van der Waals surface area contributed by atoms with E-state index in [2.05, 4.69) is 35.6 Å². The standard InChI is InChI=1S/C20H26N8O3/c1-6-28(7-2)20-26-18(25-19(27-20)24-16-12-21-8-9-22-16)23-13-10-14(29-3)17(31-5)15(11-13)30-4/h8-12H,6-7H2,1-5H3,(H2,22,23,24,25,26,27). The van der Waals surface area contributed by atoms with Crippen molar-refractivity contribution in [1.29, 1.82) is 0 Å². The van der Waals surface area contributed by atoms with Gasteiger partial charge in [-0.25, -0.2) is 4.98 Å². The quantitative estimate of drug-likeness (QED) is 0.498. The topological polar surface area (TPSA) is 119 Å². The van der Waals surface area contributed by atoms with Crippen LogP contribution < -0.4 is 29.7 Å². The summed E-state index contributed by atoms with van der Waals surface area (Å²) in [6.07, 6.45) is 4.77. The molecule has 2 heterocycles. The van der Waals surface area contributed by atoms with Gasteiger partial charge in [-0.15, -0.1) is 0 Å². The first-order chi connectivity index (χ1) is 15.1. The monoisotopic (exact) mass is 426 g/mol. The van der Waals surface area contributed by atoms with Crippen LogP contribution in [0.15, 0.2) is 30.7 Å². The molecule has 0 saturated carbocycles. The van der Waals surface area contributed by atoms with Gasteiger partial charge in [0.15, 0.2) is 17.3 Å². The maximum absolute atomic E-state index is 5.42. The van der Waals surface area contributed by atoms with Crippen molar-refractivity contribution in [1.82, 2.24) is 24.9 Å². The third kappa shape index (κ3) is 5.18. The molecule has 0 fully saturated rings. The van der Waals surface area contributed by atoms with E-state index < -0.39 is 0 Å². The van der Waals surface area contributed by atoms with Crippen LogP contribution in [-0.2, 0) is 0 Å². The predicted molar refractivity (Wildman–Crippen MR) is 118 cm³/mol. The van der Waals surface area contributed by atoms with Gasteiger partial charge >= 0.3 is 0 Å². The lowest BCUT2D eigenvalue weighted by molar-refractivity contribution is 0.324. The first-order valence-electron chi connectivity index (χ1n) is 9.72. The third-order valence-corrected chi connectivity index (χ3v) is 4.39. The average molecular weight is 426 g/mol. The average Bonchev–Trinajstić information content (AvgIpc) is 2.79. The molecule has 164 valence electrons. The molecule has 0 unspecified atom stereocenters. The first-order valence-corrected chi connectivity index (χ1v) is 9.72. The molecule has 31 heavy (non-hydrogen) atoms. The highest BCUT2D eigenvalue weighted by Gasteiger charge is 2.16. The zero-order chi connectivity index (χ0) is 22.2. The number of benzene rings is 1. The second-order valence-electron chi connectivity index (χ2n) is 6.21. The predicted octanol–water partition coefficient (Wildman–Crippen LogP) is 3.02. The van der Waals surface area contributed by atoms with E-state index in [1.54, 1.807) is 52.1 Å². The van der Waals surface area contributed by atoms with Gasteiger partial charge < -0.3 is 29.7 Å². The summed E-state index contributed by atoms with van der Waals surface area (Å²) in [4.78, 5) is 23.9. The minimum absolute atomic E-state index is 0.340. The summed E-state index contributed by atoms with van der Waals surface area (Å²) in [5, 5.41) is 6.26. The molecule has 0 aliphatic heterocycles. The molecular weight excluding hydrogens is 400 g/mol. The molecule has 0 radical (unpaired) electrons. The molecule has 11 nitrogen and oxygen atoms in total. The number of aromatic nitrogens is 5. The summed E-state index contributed by atoms with van der Waals surface area (Å²) in [6.45, 7) is 5.56. The molecule has 11 heteroatoms. The van der Waals surface area contributed by atoms with Crippen LogP contribution >= 0.6 is 0 Å². The van der Waals surface area contributed by atoms with Crippen molar-refractivity contribution >= 4 is 29.4 Å². The number of hydrogen-bond donors (Lipinski definition) is 2. The van der Waals surface area contributed by atoms with E-state index in [4.69, 9.17) is 14.2 Å². The Morgan fingerprint density at radius 2 is 1.48 bits per heavy atom. The van der Waals surface area contributed by atoms with Crippen LogP contribution in [0, 0.1) is 0 Å². The van der Waals surface area contributed by atoms with Crippen LogP contribution in [-0.4, -0.2) is 59.3 Å². The molecule has 2 N–H and O–H groups in total. The number of nitrogens with zero attached hydrogens (tertiary/aromatic N) is 6. The molecule has 0 bridgehead atoms. The van der Waals surface area contributed by atoms with Crippen molar-refractivity contribution in [2.75, 3.05) is 50.0 Å². The molecule has 0 spiro atoms. The van der Waals surface area contributed by atoms with E-state index >= 15 is 0 Å². The fourth-order valence-corrected chi connectivity index (χ4v) is 2.88. The van der Waals surface area contributed by atoms with E-state index in [1.807, 2.05) is 18.7 Å². The minimum Gasteiger partial charge on any atom is -0.493 e. The Balaban J connectivity index is 1.99. The van der Waals surface area contributed by atoms with Gasteiger partial charge in [-0.2, -0.15) is 15.0 Å². The van der Waals surface area contributed by atoms with Gasteiger partial charge in [-0.3, -0.25) is 4.98 Å². The maximum atomic E-state index is 5.42. The van der Waals surface area contributed by atoms with Crippen molar-refractivity contribution in [3.05, 3.63) is 30.7 Å². The minimum atomic E-state index is 0.340. The van der Waals surface area contributed by atoms with Crippen molar-refractivity contribution in [2.45, 2.75) is 13.8 Å². The number of anilines is 5. The number of rotatable bonds is 10. The molecule has 3 rings (SSSR count). The van der Waals surface area contributed by atoms with Crippen LogP contribution in [0.1, 0.15) is 13.8 Å². The lowest BCUT2D eigenvalue weighted by Crippen LogP contribution is -2.25. The molecule has 0 atom stereocenters. The Kier molecular flexibility index (Phi) is 7.20. The highest BCUT2D eigenvalue weighted by molar-refractivity contribution is 5.66. The van der Waals surface area contributed by atoms with Gasteiger partial charge in [-0.05, 0) is 13.8 Å². The molecule has 0 amide bonds. The van der Waals surface area contributed by atoms with Gasteiger partial charge in [0.1, 0.15) is 0 Å². The van der Waals surface area contributed by atoms with Crippen molar-refractivity contribution in [2.24, 2.45) is 0 Å². The third-order valence-electron chi connectivity index (χ3n) is 4.39. The summed E-state index contributed by atoms with van der Waals surface area (Å²) in [5.74, 6) is 3.27. The summed E-state index contributed by atoms with van der Waals surface area (Å²) >= 11 is 0. The SMILES string of the molecule is CCN(CC)c1nc(Nc2cc(OC)c(OC)c(OC)c2)nc(Nc2cnccn2)n1. The van der Waals surface area contributed by atoms with Crippen molar-refractivity contribution < 1.29 is 14.2 Å². The van der Waals surface area contributed by atoms with Gasteiger partial charge in [0, 0.05) is 43.3 Å². The highest BCUT2D eigenvalue weighted by atomic mass is 16.5. The lowest BCUT2D eigenvalue weighted by atomic mass is 10.2. The van der Waals surface area contributed by atoms with E-state index in [9.17, 15) is 0 Å². The number of ether oxygens (including phenoxy) is 3. The largest absolute Gasteiger partial charge is 0.493 e. The molecule has 3 aromatic rings. The second-order valence-corrected chi connectivity index (χ2v) is 6.21. The van der Waals surface area contributed by atoms with Gasteiger partial charge in [0.25, 0.3) is 0 Å². The van der Waals surface area contributed by atoms with Gasteiger partial charge in [0.2, 0.25) is 23.6 Å². The second kappa shape index (κ2) is 10.2. The first kappa shape index (κ1) is 21.8. The van der Waals surface area contributed by atoms with E-state index in [-0.39, 0.29) is 0 Å². The van der Waals surface area contributed by atoms with E-state index in [0.29, 0.717) is 46.6 Å². The summed E-state index contributed by atoms with van der Waals surface area (Å²) < 4.78 is 16.2. The molecule has 0 aliphatic carbocycles. The Bertz CT molecular complexity index is 974. The summed E-state index contributed by atoms with van der Waals surface area (Å²) in [7, 11) is 4.68. The normalized spacial score (nSPS) is 10.4. The van der Waals surface area contributed by atoms with Crippen LogP contribution in [0.25, 0.3) is 0 Å². The van der Waals surface area contributed by atoms with Gasteiger partial charge in [-0.1, -0.05) is 0 Å². The molecule has 2 aromatic heterocycles. The summed E-state index contributed by atoms with van der Waals surface area (Å²) in [6, 6.07) is 3.55. The molecule has 1 aromatic carbocycles. The van der Waals surface area contributed by atoms with Crippen LogP contribution in [0.3, 0.4) is 0 Å². The molecule has 0 aliphatic rings. The van der Waals surface area contributed by atoms with Crippen LogP contribution in [0.5, 0.6) is 17.2 Å². The Morgan fingerprint density at radius 1 is 0.839 bits per heavy atom. The lowest BCUT2D eigenvalue weighted by Gasteiger charge is -2.20. The Labute approximate surface area is 180 Å². The van der Waals surface area contributed by atoms with Crippen molar-refractivity contribution in [3.8, 4) is 17.2 Å². The number of methoxy groups -OCH3 is 3. The fourth-order valence-electron chi connectivity index (χ4n) is 2.88. The number of hydrogen-bond acceptors (Lipinski definition) is 11. The van der Waals surface area contributed by atoms with Crippen molar-refractivity contribution in [3.63, 3.8) is 0 Å². The van der Waals surface area contributed by atoms with E-state index in [0.717, 1.165) is 13.1 Å². The van der Waals surface area contributed by atoms with Gasteiger partial charge in [0.05, 0.1) is 27.5 Å². The number of nitrogens with one attached hydrogen (secondary N) is 2. The Morgan fingerprint density at radius 3 is 2.00 bits per heavy atom.